The van der Waals surface area contributed by atoms with E-state index in [9.17, 15) is 9.59 Å². The fraction of sp³-hybridized carbons (Fsp3) is 0.429. The zero-order chi connectivity index (χ0) is 14.3. The molecule has 2 unspecified atom stereocenters. The molecule has 0 saturated heterocycles. The first-order valence-corrected chi connectivity index (χ1v) is 6.38. The van der Waals surface area contributed by atoms with Gasteiger partial charge in [-0.1, -0.05) is 30.3 Å². The van der Waals surface area contributed by atoms with Crippen LogP contribution in [0.4, 0.5) is 0 Å². The van der Waals surface area contributed by atoms with Crippen LogP contribution in [0.3, 0.4) is 0 Å². The van der Waals surface area contributed by atoms with E-state index in [-0.39, 0.29) is 11.8 Å². The van der Waals surface area contributed by atoms with Gasteiger partial charge in [0.15, 0.2) is 0 Å². The van der Waals surface area contributed by atoms with Crippen molar-refractivity contribution in [2.45, 2.75) is 32.4 Å². The number of nitrogens with one attached hydrogen (secondary N) is 2. The molecule has 0 spiro atoms. The van der Waals surface area contributed by atoms with Crippen LogP contribution >= 0.6 is 0 Å². The first-order chi connectivity index (χ1) is 9.00. The lowest BCUT2D eigenvalue weighted by molar-refractivity contribution is -0.129. The molecule has 0 heterocycles. The Hall–Kier alpha value is -1.88. The molecule has 1 rings (SSSR count). The van der Waals surface area contributed by atoms with Gasteiger partial charge in [-0.15, -0.1) is 0 Å². The first-order valence-electron chi connectivity index (χ1n) is 6.38. The van der Waals surface area contributed by atoms with Gasteiger partial charge in [-0.2, -0.15) is 0 Å². The maximum absolute atomic E-state index is 11.7. The first kappa shape index (κ1) is 15.2. The van der Waals surface area contributed by atoms with Crippen molar-refractivity contribution in [2.75, 3.05) is 6.54 Å². The highest BCUT2D eigenvalue weighted by Crippen LogP contribution is 1.98. The summed E-state index contributed by atoms with van der Waals surface area (Å²) >= 11 is 0. The van der Waals surface area contributed by atoms with Crippen molar-refractivity contribution >= 4 is 11.8 Å². The number of amides is 2. The van der Waals surface area contributed by atoms with Gasteiger partial charge in [0.1, 0.15) is 6.04 Å². The summed E-state index contributed by atoms with van der Waals surface area (Å²) in [6, 6.07) is 8.70. The van der Waals surface area contributed by atoms with Crippen molar-refractivity contribution in [1.82, 2.24) is 10.6 Å². The van der Waals surface area contributed by atoms with E-state index >= 15 is 0 Å². The highest BCUT2D eigenvalue weighted by molar-refractivity contribution is 5.89. The third-order valence-corrected chi connectivity index (χ3v) is 2.72. The molecule has 19 heavy (non-hydrogen) atoms. The van der Waals surface area contributed by atoms with Crippen LogP contribution in [0.25, 0.3) is 0 Å². The molecule has 0 aromatic heterocycles. The van der Waals surface area contributed by atoms with Crippen LogP contribution in [0.5, 0.6) is 0 Å². The van der Waals surface area contributed by atoms with E-state index in [0.717, 1.165) is 12.0 Å². The van der Waals surface area contributed by atoms with Gasteiger partial charge in [0, 0.05) is 6.54 Å². The molecule has 0 radical (unpaired) electrons. The van der Waals surface area contributed by atoms with Crippen molar-refractivity contribution in [3.8, 4) is 0 Å². The summed E-state index contributed by atoms with van der Waals surface area (Å²) in [7, 11) is 0. The summed E-state index contributed by atoms with van der Waals surface area (Å²) in [5.41, 5.74) is 6.58. The van der Waals surface area contributed by atoms with Gasteiger partial charge in [-0.3, -0.25) is 9.59 Å². The predicted molar refractivity (Wildman–Crippen MR) is 74.4 cm³/mol. The second kappa shape index (κ2) is 7.53. The Kier molecular flexibility index (Phi) is 6.02. The SMILES string of the molecule is CC(N)C(=O)NC(C)C(=O)NCCc1ccccc1. The molecule has 0 aliphatic carbocycles. The molecular weight excluding hydrogens is 242 g/mol. The van der Waals surface area contributed by atoms with Crippen molar-refractivity contribution < 1.29 is 9.59 Å². The summed E-state index contributed by atoms with van der Waals surface area (Å²) in [6.45, 7) is 3.76. The second-order valence-electron chi connectivity index (χ2n) is 4.55. The number of benzene rings is 1. The molecule has 0 bridgehead atoms. The molecule has 5 nitrogen and oxygen atoms in total. The number of carbonyl (C=O) groups is 2. The van der Waals surface area contributed by atoms with Crippen molar-refractivity contribution in [1.29, 1.82) is 0 Å². The smallest absolute Gasteiger partial charge is 0.242 e. The molecule has 104 valence electrons. The third-order valence-electron chi connectivity index (χ3n) is 2.72. The Morgan fingerprint density at radius 1 is 1.16 bits per heavy atom. The van der Waals surface area contributed by atoms with Crippen LogP contribution in [0, 0.1) is 0 Å². The fourth-order valence-electron chi connectivity index (χ4n) is 1.54. The van der Waals surface area contributed by atoms with E-state index in [1.165, 1.54) is 0 Å². The number of hydrogen-bond donors (Lipinski definition) is 3. The van der Waals surface area contributed by atoms with Crippen LogP contribution in [0.15, 0.2) is 30.3 Å². The van der Waals surface area contributed by atoms with E-state index in [4.69, 9.17) is 5.73 Å². The number of carbonyl (C=O) groups excluding carboxylic acids is 2. The maximum Gasteiger partial charge on any atom is 0.242 e. The van der Waals surface area contributed by atoms with Crippen LogP contribution in [0.2, 0.25) is 0 Å². The largest absolute Gasteiger partial charge is 0.354 e. The Bertz CT molecular complexity index is 418. The molecule has 4 N–H and O–H groups in total. The quantitative estimate of drug-likeness (QED) is 0.685. The minimum atomic E-state index is -0.612. The Labute approximate surface area is 113 Å². The molecule has 0 aliphatic heterocycles. The standard InChI is InChI=1S/C14H21N3O2/c1-10(15)13(18)17-11(2)14(19)16-9-8-12-6-4-3-5-7-12/h3-7,10-11H,8-9,15H2,1-2H3,(H,16,19)(H,17,18). The average Bonchev–Trinajstić information content (AvgIpc) is 2.39. The number of hydrogen-bond acceptors (Lipinski definition) is 3. The third kappa shape index (κ3) is 5.52. The zero-order valence-electron chi connectivity index (χ0n) is 11.3. The number of nitrogens with two attached hydrogens (primary N) is 1. The van der Waals surface area contributed by atoms with Crippen LogP contribution in [0.1, 0.15) is 19.4 Å². The van der Waals surface area contributed by atoms with E-state index in [2.05, 4.69) is 10.6 Å². The minimum Gasteiger partial charge on any atom is -0.354 e. The summed E-state index contributed by atoms with van der Waals surface area (Å²) in [5, 5.41) is 5.33. The Morgan fingerprint density at radius 3 is 2.37 bits per heavy atom. The van der Waals surface area contributed by atoms with E-state index in [1.807, 2.05) is 30.3 Å². The molecule has 0 aliphatic rings. The minimum absolute atomic E-state index is 0.204. The van der Waals surface area contributed by atoms with Gasteiger partial charge in [0.2, 0.25) is 11.8 Å². The lowest BCUT2D eigenvalue weighted by atomic mass is 10.1. The molecule has 0 fully saturated rings. The molecule has 1 aromatic rings. The summed E-state index contributed by atoms with van der Waals surface area (Å²) < 4.78 is 0. The molecular formula is C14H21N3O2. The lowest BCUT2D eigenvalue weighted by Gasteiger charge is -2.15. The zero-order valence-corrected chi connectivity index (χ0v) is 11.3. The van der Waals surface area contributed by atoms with Crippen LogP contribution in [-0.4, -0.2) is 30.4 Å². The van der Waals surface area contributed by atoms with Crippen molar-refractivity contribution in [3.63, 3.8) is 0 Å². The Balaban J connectivity index is 2.29. The molecule has 5 heteroatoms. The maximum atomic E-state index is 11.7. The molecule has 1 aromatic carbocycles. The van der Waals surface area contributed by atoms with Gasteiger partial charge < -0.3 is 16.4 Å². The second-order valence-corrected chi connectivity index (χ2v) is 4.55. The molecule has 2 amide bonds. The van der Waals surface area contributed by atoms with Gasteiger partial charge >= 0.3 is 0 Å². The van der Waals surface area contributed by atoms with Gasteiger partial charge in [-0.05, 0) is 25.8 Å². The normalized spacial score (nSPS) is 13.4. The average molecular weight is 263 g/mol. The Morgan fingerprint density at radius 2 is 1.79 bits per heavy atom. The monoisotopic (exact) mass is 263 g/mol. The summed E-state index contributed by atoms with van der Waals surface area (Å²) in [4.78, 5) is 23.1. The van der Waals surface area contributed by atoms with E-state index in [1.54, 1.807) is 13.8 Å². The summed E-state index contributed by atoms with van der Waals surface area (Å²) in [5.74, 6) is -0.532. The van der Waals surface area contributed by atoms with Gasteiger partial charge in [0.05, 0.1) is 6.04 Å². The fourth-order valence-corrected chi connectivity index (χ4v) is 1.54. The predicted octanol–water partition coefficient (Wildman–Crippen LogP) is 0.197. The number of rotatable bonds is 6. The van der Waals surface area contributed by atoms with Crippen LogP contribution in [-0.2, 0) is 16.0 Å². The van der Waals surface area contributed by atoms with Crippen molar-refractivity contribution in [3.05, 3.63) is 35.9 Å². The van der Waals surface area contributed by atoms with Gasteiger partial charge in [0.25, 0.3) is 0 Å². The lowest BCUT2D eigenvalue weighted by Crippen LogP contribution is -2.49. The van der Waals surface area contributed by atoms with Gasteiger partial charge in [-0.25, -0.2) is 0 Å². The highest BCUT2D eigenvalue weighted by atomic mass is 16.2. The molecule has 2 atom stereocenters. The van der Waals surface area contributed by atoms with E-state index in [0.29, 0.717) is 6.54 Å². The highest BCUT2D eigenvalue weighted by Gasteiger charge is 2.16. The van der Waals surface area contributed by atoms with Crippen molar-refractivity contribution in [2.24, 2.45) is 5.73 Å². The van der Waals surface area contributed by atoms with Crippen LogP contribution < -0.4 is 16.4 Å². The topological polar surface area (TPSA) is 84.2 Å². The van der Waals surface area contributed by atoms with E-state index < -0.39 is 12.1 Å². The molecule has 0 saturated carbocycles. The summed E-state index contributed by atoms with van der Waals surface area (Å²) in [6.07, 6.45) is 0.764.